The quantitative estimate of drug-likeness (QED) is 0.155. The maximum Gasteiger partial charge on any atom is 0.337 e. The van der Waals surface area contributed by atoms with Crippen molar-refractivity contribution in [1.29, 1.82) is 0 Å². The zero-order chi connectivity index (χ0) is 23.0. The highest BCUT2D eigenvalue weighted by Crippen LogP contribution is 2.43. The summed E-state index contributed by atoms with van der Waals surface area (Å²) in [5, 5.41) is 11.8. The molecule has 0 fully saturated rings. The first kappa shape index (κ1) is 21.0. The average Bonchev–Trinajstić information content (AvgIpc) is 2.85. The number of rotatable bonds is 5. The third-order valence-electron chi connectivity index (χ3n) is 5.80. The van der Waals surface area contributed by atoms with E-state index >= 15 is 0 Å². The van der Waals surface area contributed by atoms with Crippen molar-refractivity contribution in [2.75, 3.05) is 6.61 Å². The second-order valence-corrected chi connectivity index (χ2v) is 7.87. The van der Waals surface area contributed by atoms with Crippen LogP contribution in [0.2, 0.25) is 0 Å². The van der Waals surface area contributed by atoms with Gasteiger partial charge in [-0.15, -0.1) is 0 Å². The molecule has 0 amide bonds. The Morgan fingerprint density at radius 1 is 0.879 bits per heavy atom. The molecule has 0 aliphatic heterocycles. The number of carbonyl (C=O) groups is 2. The van der Waals surface area contributed by atoms with Crippen molar-refractivity contribution in [3.8, 4) is 5.75 Å². The van der Waals surface area contributed by atoms with Crippen LogP contribution in [0.3, 0.4) is 0 Å². The predicted octanol–water partition coefficient (Wildman–Crippen LogP) is 5.01. The van der Waals surface area contributed by atoms with Crippen molar-refractivity contribution in [1.82, 2.24) is 0 Å². The van der Waals surface area contributed by atoms with E-state index in [1.165, 1.54) is 0 Å². The van der Waals surface area contributed by atoms with Crippen molar-refractivity contribution in [2.45, 2.75) is 12.7 Å². The SMILES string of the molecule is Cc1ccc2c(c1)C(=O)c1ccccc1C2(OO)OCC(=O)Oc1cccc2ccccc12. The molecule has 6 nitrogen and oxygen atoms in total. The van der Waals surface area contributed by atoms with Gasteiger partial charge in [0.15, 0.2) is 5.78 Å². The lowest BCUT2D eigenvalue weighted by Crippen LogP contribution is -2.41. The molecule has 0 radical (unpaired) electrons. The molecule has 5 rings (SSSR count). The number of aryl methyl sites for hydroxylation is 1. The number of carbonyl (C=O) groups excluding carboxylic acids is 2. The molecule has 1 unspecified atom stereocenters. The normalized spacial score (nSPS) is 16.8. The van der Waals surface area contributed by atoms with Gasteiger partial charge in [-0.25, -0.2) is 10.1 Å². The molecule has 1 aliphatic rings. The summed E-state index contributed by atoms with van der Waals surface area (Å²) in [7, 11) is 0. The van der Waals surface area contributed by atoms with Gasteiger partial charge < -0.3 is 9.47 Å². The van der Waals surface area contributed by atoms with Crippen LogP contribution < -0.4 is 4.74 Å². The van der Waals surface area contributed by atoms with Crippen LogP contribution in [0, 0.1) is 6.92 Å². The van der Waals surface area contributed by atoms with Gasteiger partial charge in [-0.05, 0) is 24.4 Å². The Labute approximate surface area is 189 Å². The first-order valence-electron chi connectivity index (χ1n) is 10.4. The van der Waals surface area contributed by atoms with Gasteiger partial charge in [0.2, 0.25) is 0 Å². The van der Waals surface area contributed by atoms with Crippen molar-refractivity contribution in [3.05, 3.63) is 113 Å². The minimum absolute atomic E-state index is 0.209. The number of benzene rings is 4. The fourth-order valence-electron chi connectivity index (χ4n) is 4.27. The highest BCUT2D eigenvalue weighted by Gasteiger charge is 2.47. The van der Waals surface area contributed by atoms with E-state index in [4.69, 9.17) is 14.4 Å². The fraction of sp³-hybridized carbons (Fsp3) is 0.111. The molecule has 1 atom stereocenters. The van der Waals surface area contributed by atoms with E-state index < -0.39 is 18.4 Å². The van der Waals surface area contributed by atoms with Gasteiger partial charge in [-0.2, -0.15) is 4.89 Å². The lowest BCUT2D eigenvalue weighted by Gasteiger charge is -2.36. The second kappa shape index (κ2) is 8.26. The van der Waals surface area contributed by atoms with Crippen molar-refractivity contribution < 1.29 is 29.2 Å². The van der Waals surface area contributed by atoms with Crippen LogP contribution in [0.5, 0.6) is 5.75 Å². The van der Waals surface area contributed by atoms with Crippen LogP contribution in [-0.4, -0.2) is 23.6 Å². The van der Waals surface area contributed by atoms with Crippen LogP contribution in [0.15, 0.2) is 84.9 Å². The smallest absolute Gasteiger partial charge is 0.337 e. The van der Waals surface area contributed by atoms with Crippen molar-refractivity contribution >= 4 is 22.5 Å². The van der Waals surface area contributed by atoms with Crippen molar-refractivity contribution in [2.24, 2.45) is 0 Å². The summed E-state index contributed by atoms with van der Waals surface area (Å²) >= 11 is 0. The summed E-state index contributed by atoms with van der Waals surface area (Å²) in [5.74, 6) is -2.34. The summed E-state index contributed by atoms with van der Waals surface area (Å²) in [6.07, 6.45) is 0. The third kappa shape index (κ3) is 3.50. The van der Waals surface area contributed by atoms with E-state index in [-0.39, 0.29) is 5.78 Å². The van der Waals surface area contributed by atoms with Crippen LogP contribution >= 0.6 is 0 Å². The Morgan fingerprint density at radius 2 is 1.61 bits per heavy atom. The van der Waals surface area contributed by atoms with E-state index in [1.54, 1.807) is 54.6 Å². The van der Waals surface area contributed by atoms with E-state index in [1.807, 2.05) is 37.3 Å². The van der Waals surface area contributed by atoms with Crippen molar-refractivity contribution in [3.63, 3.8) is 0 Å². The lowest BCUT2D eigenvalue weighted by molar-refractivity contribution is -0.394. The molecule has 1 aliphatic carbocycles. The standard InChI is InChI=1S/C27H20O6/c1-17-13-14-23-21(15-17)26(29)20-10-4-5-11-22(20)27(23,33-30)31-16-25(28)32-24-12-6-8-18-7-2-3-9-19(18)24/h2-15,30H,16H2,1H3. The molecule has 0 spiro atoms. The Kier molecular flexibility index (Phi) is 5.26. The predicted molar refractivity (Wildman–Crippen MR) is 121 cm³/mol. The number of hydrogen-bond acceptors (Lipinski definition) is 6. The Bertz CT molecular complexity index is 1390. The number of hydrogen-bond donors (Lipinski definition) is 1. The number of ketones is 1. The molecule has 0 saturated heterocycles. The summed E-state index contributed by atoms with van der Waals surface area (Å²) in [6, 6.07) is 24.8. The number of esters is 1. The molecule has 4 aromatic rings. The van der Waals surface area contributed by atoms with E-state index in [0.717, 1.165) is 16.3 Å². The molecule has 0 saturated carbocycles. The van der Waals surface area contributed by atoms with Gasteiger partial charge >= 0.3 is 5.97 Å². The van der Waals surface area contributed by atoms with Crippen LogP contribution in [-0.2, 0) is 20.2 Å². The Balaban J connectivity index is 1.49. The zero-order valence-electron chi connectivity index (χ0n) is 17.8. The van der Waals surface area contributed by atoms with Gasteiger partial charge in [0.05, 0.1) is 0 Å². The molecule has 164 valence electrons. The maximum atomic E-state index is 13.1. The fourth-order valence-corrected chi connectivity index (χ4v) is 4.27. The van der Waals surface area contributed by atoms with Gasteiger partial charge in [0, 0.05) is 27.6 Å². The first-order valence-corrected chi connectivity index (χ1v) is 10.4. The monoisotopic (exact) mass is 440 g/mol. The first-order chi connectivity index (χ1) is 16.0. The highest BCUT2D eigenvalue weighted by atomic mass is 17.1. The third-order valence-corrected chi connectivity index (χ3v) is 5.80. The van der Waals surface area contributed by atoms with Gasteiger partial charge in [-0.1, -0.05) is 78.4 Å². The number of fused-ring (bicyclic) bond motifs is 3. The summed E-state index contributed by atoms with van der Waals surface area (Å²) in [4.78, 5) is 30.7. The highest BCUT2D eigenvalue weighted by molar-refractivity contribution is 6.13. The Hall–Kier alpha value is -3.84. The number of ether oxygens (including phenoxy) is 2. The molecule has 0 aromatic heterocycles. The average molecular weight is 440 g/mol. The lowest BCUT2D eigenvalue weighted by atomic mass is 9.80. The molecule has 0 heterocycles. The van der Waals surface area contributed by atoms with Gasteiger partial charge in [0.25, 0.3) is 5.79 Å². The summed E-state index contributed by atoms with van der Waals surface area (Å²) in [5.41, 5.74) is 2.16. The molecule has 6 heteroatoms. The van der Waals surface area contributed by atoms with Crippen LogP contribution in [0.1, 0.15) is 32.6 Å². The minimum Gasteiger partial charge on any atom is -0.424 e. The summed E-state index contributed by atoms with van der Waals surface area (Å²) < 4.78 is 11.5. The van der Waals surface area contributed by atoms with Gasteiger partial charge in [0.1, 0.15) is 12.4 Å². The Morgan fingerprint density at radius 3 is 2.45 bits per heavy atom. The van der Waals surface area contributed by atoms with E-state index in [2.05, 4.69) is 0 Å². The molecule has 0 bridgehead atoms. The van der Waals surface area contributed by atoms with E-state index in [0.29, 0.717) is 28.0 Å². The molecular formula is C27H20O6. The van der Waals surface area contributed by atoms with Gasteiger partial charge in [-0.3, -0.25) is 4.79 Å². The van der Waals surface area contributed by atoms with E-state index in [9.17, 15) is 14.8 Å². The topological polar surface area (TPSA) is 82.1 Å². The largest absolute Gasteiger partial charge is 0.424 e. The van der Waals surface area contributed by atoms with Crippen LogP contribution in [0.4, 0.5) is 0 Å². The maximum absolute atomic E-state index is 13.1. The zero-order valence-corrected chi connectivity index (χ0v) is 17.8. The second-order valence-electron chi connectivity index (χ2n) is 7.87. The summed E-state index contributed by atoms with van der Waals surface area (Å²) in [6.45, 7) is 1.33. The molecular weight excluding hydrogens is 420 g/mol. The molecule has 4 aromatic carbocycles. The molecule has 1 N–H and O–H groups in total. The van der Waals surface area contributed by atoms with Crippen LogP contribution in [0.25, 0.3) is 10.8 Å². The molecule has 33 heavy (non-hydrogen) atoms. The minimum atomic E-state index is -1.86.